The Balaban J connectivity index is 1.76. The van der Waals surface area contributed by atoms with Gasteiger partial charge in [-0.3, -0.25) is 4.98 Å². The van der Waals surface area contributed by atoms with Gasteiger partial charge in [0.05, 0.1) is 0 Å². The third-order valence-electron chi connectivity index (χ3n) is 5.16. The third-order valence-corrected chi connectivity index (χ3v) is 5.54. The molecule has 0 spiro atoms. The first-order chi connectivity index (χ1) is 13.6. The zero-order valence-electron chi connectivity index (χ0n) is 17.7. The van der Waals surface area contributed by atoms with E-state index in [4.69, 9.17) is 12.2 Å². The van der Waals surface area contributed by atoms with E-state index in [1.807, 2.05) is 24.4 Å². The topological polar surface area (TPSA) is 40.2 Å². The van der Waals surface area contributed by atoms with Gasteiger partial charge in [-0.25, -0.2) is 4.39 Å². The van der Waals surface area contributed by atoms with Crippen LogP contribution in [0.4, 0.5) is 4.39 Å². The van der Waals surface area contributed by atoms with Gasteiger partial charge in [-0.2, -0.15) is 0 Å². The zero-order valence-corrected chi connectivity index (χ0v) is 18.5. The molecule has 2 aromatic rings. The third kappa shape index (κ3) is 6.47. The summed E-state index contributed by atoms with van der Waals surface area (Å²) in [5.74, 6) is -0.232. The SMILES string of the molecule is CC1(C)CC(NC(=S)N(Cc2cccnc2)Cc2cccc(F)c2)CC(C)(C)N1. The molecule has 0 radical (unpaired) electrons. The van der Waals surface area contributed by atoms with E-state index in [0.29, 0.717) is 18.2 Å². The molecule has 156 valence electrons. The van der Waals surface area contributed by atoms with E-state index in [9.17, 15) is 4.39 Å². The molecule has 0 aliphatic carbocycles. The summed E-state index contributed by atoms with van der Waals surface area (Å²) in [5, 5.41) is 7.98. The van der Waals surface area contributed by atoms with Crippen LogP contribution >= 0.6 is 12.2 Å². The van der Waals surface area contributed by atoms with E-state index in [0.717, 1.165) is 24.0 Å². The number of nitrogens with one attached hydrogen (secondary N) is 2. The van der Waals surface area contributed by atoms with Crippen molar-refractivity contribution in [2.45, 2.75) is 70.7 Å². The second kappa shape index (κ2) is 8.76. The lowest BCUT2D eigenvalue weighted by Gasteiger charge is -2.47. The van der Waals surface area contributed by atoms with Gasteiger partial charge in [0.2, 0.25) is 0 Å². The Kier molecular flexibility index (Phi) is 6.54. The molecule has 1 aliphatic heterocycles. The maximum atomic E-state index is 13.7. The highest BCUT2D eigenvalue weighted by Gasteiger charge is 2.38. The predicted molar refractivity (Wildman–Crippen MR) is 120 cm³/mol. The predicted octanol–water partition coefficient (Wildman–Crippen LogP) is 4.41. The molecule has 1 fully saturated rings. The van der Waals surface area contributed by atoms with Gasteiger partial charge in [-0.15, -0.1) is 0 Å². The summed E-state index contributed by atoms with van der Waals surface area (Å²) in [6.45, 7) is 10.1. The van der Waals surface area contributed by atoms with Crippen LogP contribution in [0.3, 0.4) is 0 Å². The monoisotopic (exact) mass is 414 g/mol. The zero-order chi connectivity index (χ0) is 21.1. The van der Waals surface area contributed by atoms with Crippen molar-refractivity contribution in [1.29, 1.82) is 0 Å². The Hall–Kier alpha value is -2.05. The fourth-order valence-corrected chi connectivity index (χ4v) is 4.75. The molecule has 0 atom stereocenters. The minimum Gasteiger partial charge on any atom is -0.360 e. The van der Waals surface area contributed by atoms with Crippen LogP contribution in [0.25, 0.3) is 0 Å². The Bertz CT molecular complexity index is 822. The number of halogens is 1. The van der Waals surface area contributed by atoms with Crippen molar-refractivity contribution in [2.24, 2.45) is 0 Å². The summed E-state index contributed by atoms with van der Waals surface area (Å²) < 4.78 is 13.7. The van der Waals surface area contributed by atoms with Gasteiger partial charge in [0.15, 0.2) is 5.11 Å². The summed E-state index contributed by atoms with van der Waals surface area (Å²) in [6.07, 6.45) is 5.57. The standard InChI is InChI=1S/C23H31FN4S/c1-22(2)12-20(13-23(3,4)27-22)26-21(29)28(16-18-8-6-10-25-14-18)15-17-7-5-9-19(24)11-17/h5-11,14,20,27H,12-13,15-16H2,1-4H3,(H,26,29). The highest BCUT2D eigenvalue weighted by Crippen LogP contribution is 2.28. The number of piperidine rings is 1. The molecular weight excluding hydrogens is 383 g/mol. The van der Waals surface area contributed by atoms with E-state index in [2.05, 4.69) is 48.2 Å². The van der Waals surface area contributed by atoms with E-state index in [1.54, 1.807) is 18.3 Å². The van der Waals surface area contributed by atoms with E-state index >= 15 is 0 Å². The number of aromatic nitrogens is 1. The molecule has 2 heterocycles. The van der Waals surface area contributed by atoms with Crippen LogP contribution in [0.2, 0.25) is 0 Å². The van der Waals surface area contributed by atoms with Crippen molar-refractivity contribution in [1.82, 2.24) is 20.5 Å². The van der Waals surface area contributed by atoms with Crippen LogP contribution in [0, 0.1) is 5.82 Å². The lowest BCUT2D eigenvalue weighted by Crippen LogP contribution is -2.62. The Labute approximate surface area is 178 Å². The molecule has 1 aliphatic rings. The number of nitrogens with zero attached hydrogens (tertiary/aromatic N) is 2. The number of hydrogen-bond donors (Lipinski definition) is 2. The molecule has 4 nitrogen and oxygen atoms in total. The molecule has 1 aromatic carbocycles. The maximum Gasteiger partial charge on any atom is 0.169 e. The largest absolute Gasteiger partial charge is 0.360 e. The number of pyridine rings is 1. The highest BCUT2D eigenvalue weighted by molar-refractivity contribution is 7.80. The summed E-state index contributed by atoms with van der Waals surface area (Å²) >= 11 is 5.82. The number of benzene rings is 1. The number of thiocarbonyl (C=S) groups is 1. The van der Waals surface area contributed by atoms with Crippen LogP contribution in [0.5, 0.6) is 0 Å². The molecule has 0 amide bonds. The summed E-state index contributed by atoms with van der Waals surface area (Å²) in [7, 11) is 0. The van der Waals surface area contributed by atoms with E-state index in [1.165, 1.54) is 6.07 Å². The molecular formula is C23H31FN4S. The molecule has 2 N–H and O–H groups in total. The van der Waals surface area contributed by atoms with Crippen LogP contribution < -0.4 is 10.6 Å². The fraction of sp³-hybridized carbons (Fsp3) is 0.478. The van der Waals surface area contributed by atoms with Crippen molar-refractivity contribution >= 4 is 17.3 Å². The average Bonchev–Trinajstić information content (AvgIpc) is 2.59. The van der Waals surface area contributed by atoms with Gasteiger partial charge in [0.25, 0.3) is 0 Å². The normalized spacial score (nSPS) is 18.2. The molecule has 1 aromatic heterocycles. The van der Waals surface area contributed by atoms with Crippen molar-refractivity contribution in [3.63, 3.8) is 0 Å². The van der Waals surface area contributed by atoms with E-state index in [-0.39, 0.29) is 22.9 Å². The molecule has 0 unspecified atom stereocenters. The molecule has 1 saturated heterocycles. The first kappa shape index (κ1) is 21.7. The maximum absolute atomic E-state index is 13.7. The van der Waals surface area contributed by atoms with E-state index < -0.39 is 0 Å². The smallest absolute Gasteiger partial charge is 0.169 e. The first-order valence-corrected chi connectivity index (χ1v) is 10.5. The quantitative estimate of drug-likeness (QED) is 0.710. The lowest BCUT2D eigenvalue weighted by atomic mass is 9.80. The molecule has 0 saturated carbocycles. The highest BCUT2D eigenvalue weighted by atomic mass is 32.1. The molecule has 29 heavy (non-hydrogen) atoms. The molecule has 6 heteroatoms. The lowest BCUT2D eigenvalue weighted by molar-refractivity contribution is 0.153. The summed E-state index contributed by atoms with van der Waals surface area (Å²) in [6, 6.07) is 10.9. The van der Waals surface area contributed by atoms with Crippen LogP contribution in [-0.2, 0) is 13.1 Å². The minimum absolute atomic E-state index is 0.0335. The molecule has 3 rings (SSSR count). The summed E-state index contributed by atoms with van der Waals surface area (Å²) in [5.41, 5.74) is 2.03. The fourth-order valence-electron chi connectivity index (χ4n) is 4.46. The van der Waals surface area contributed by atoms with Crippen LogP contribution in [-0.4, -0.2) is 32.1 Å². The van der Waals surface area contributed by atoms with Crippen molar-refractivity contribution in [3.8, 4) is 0 Å². The van der Waals surface area contributed by atoms with Gasteiger partial charge in [0.1, 0.15) is 5.82 Å². The second-order valence-electron chi connectivity index (χ2n) is 9.29. The van der Waals surface area contributed by atoms with Gasteiger partial charge in [-0.05, 0) is 82.1 Å². The Morgan fingerprint density at radius 1 is 1.14 bits per heavy atom. The Morgan fingerprint density at radius 3 is 2.41 bits per heavy atom. The van der Waals surface area contributed by atoms with Gasteiger partial charge >= 0.3 is 0 Å². The van der Waals surface area contributed by atoms with Crippen molar-refractivity contribution in [3.05, 3.63) is 65.7 Å². The number of hydrogen-bond acceptors (Lipinski definition) is 3. The van der Waals surface area contributed by atoms with Crippen LogP contribution in [0.1, 0.15) is 51.7 Å². The molecule has 0 bridgehead atoms. The number of rotatable bonds is 5. The van der Waals surface area contributed by atoms with Crippen molar-refractivity contribution < 1.29 is 4.39 Å². The first-order valence-electron chi connectivity index (χ1n) is 10.1. The summed E-state index contributed by atoms with van der Waals surface area (Å²) in [4.78, 5) is 6.30. The van der Waals surface area contributed by atoms with Gasteiger partial charge in [-0.1, -0.05) is 18.2 Å². The van der Waals surface area contributed by atoms with Crippen LogP contribution in [0.15, 0.2) is 48.8 Å². The van der Waals surface area contributed by atoms with Gasteiger partial charge in [0, 0.05) is 42.6 Å². The second-order valence-corrected chi connectivity index (χ2v) is 9.68. The Morgan fingerprint density at radius 2 is 1.79 bits per heavy atom. The van der Waals surface area contributed by atoms with Gasteiger partial charge < -0.3 is 15.5 Å². The van der Waals surface area contributed by atoms with Crippen molar-refractivity contribution in [2.75, 3.05) is 0 Å². The average molecular weight is 415 g/mol. The minimum atomic E-state index is -0.232.